The van der Waals surface area contributed by atoms with Gasteiger partial charge in [0.05, 0.1) is 11.9 Å². The van der Waals surface area contributed by atoms with Gasteiger partial charge in [0.2, 0.25) is 0 Å². The molecule has 0 aromatic carbocycles. The molecule has 0 aliphatic heterocycles. The molecule has 17 heavy (non-hydrogen) atoms. The predicted octanol–water partition coefficient (Wildman–Crippen LogP) is 2.97. The van der Waals surface area contributed by atoms with E-state index < -0.39 is 0 Å². The van der Waals surface area contributed by atoms with Crippen LogP contribution in [0.3, 0.4) is 0 Å². The van der Waals surface area contributed by atoms with Gasteiger partial charge in [-0.05, 0) is 43.9 Å². The monoisotopic (exact) mass is 253 g/mol. The maximum absolute atomic E-state index is 5.92. The standard InChI is InChI=1S/C13H20ClN3/c1-9-6-11(8-16-13(9)14)17-12-5-3-2-4-10(12)7-15/h6,8,10,12,17H,2-5,7,15H2,1H3. The van der Waals surface area contributed by atoms with Crippen LogP contribution in [-0.2, 0) is 0 Å². The minimum Gasteiger partial charge on any atom is -0.381 e. The molecule has 0 spiro atoms. The van der Waals surface area contributed by atoms with Gasteiger partial charge in [0, 0.05) is 6.04 Å². The molecule has 1 aromatic heterocycles. The molecule has 1 aliphatic carbocycles. The quantitative estimate of drug-likeness (QED) is 0.815. The van der Waals surface area contributed by atoms with Crippen LogP contribution in [0.4, 0.5) is 5.69 Å². The van der Waals surface area contributed by atoms with Crippen LogP contribution < -0.4 is 11.1 Å². The smallest absolute Gasteiger partial charge is 0.132 e. The van der Waals surface area contributed by atoms with Crippen LogP contribution in [0, 0.1) is 12.8 Å². The highest BCUT2D eigenvalue weighted by Crippen LogP contribution is 2.27. The van der Waals surface area contributed by atoms with Gasteiger partial charge in [0.15, 0.2) is 0 Å². The minimum absolute atomic E-state index is 0.483. The van der Waals surface area contributed by atoms with Crippen molar-refractivity contribution >= 4 is 17.3 Å². The molecular weight excluding hydrogens is 234 g/mol. The Morgan fingerprint density at radius 3 is 2.94 bits per heavy atom. The second-order valence-electron chi connectivity index (χ2n) is 4.86. The van der Waals surface area contributed by atoms with Crippen LogP contribution in [-0.4, -0.2) is 17.6 Å². The number of rotatable bonds is 3. The fourth-order valence-corrected chi connectivity index (χ4v) is 2.63. The fraction of sp³-hybridized carbons (Fsp3) is 0.615. The van der Waals surface area contributed by atoms with Crippen LogP contribution in [0.2, 0.25) is 5.15 Å². The van der Waals surface area contributed by atoms with E-state index in [-0.39, 0.29) is 0 Å². The van der Waals surface area contributed by atoms with Crippen molar-refractivity contribution in [3.05, 3.63) is 23.0 Å². The Bertz CT molecular complexity index is 381. The summed E-state index contributed by atoms with van der Waals surface area (Å²) >= 11 is 5.92. The molecule has 3 N–H and O–H groups in total. The van der Waals surface area contributed by atoms with E-state index in [2.05, 4.69) is 16.4 Å². The Hall–Kier alpha value is -0.800. The summed E-state index contributed by atoms with van der Waals surface area (Å²) in [6.07, 6.45) is 6.82. The molecule has 1 saturated carbocycles. The molecule has 1 aliphatic rings. The molecule has 1 aromatic rings. The molecule has 1 fully saturated rings. The van der Waals surface area contributed by atoms with E-state index >= 15 is 0 Å². The van der Waals surface area contributed by atoms with Crippen molar-refractivity contribution in [1.29, 1.82) is 0 Å². The fourth-order valence-electron chi connectivity index (χ4n) is 2.53. The molecule has 1 heterocycles. The second-order valence-corrected chi connectivity index (χ2v) is 5.22. The van der Waals surface area contributed by atoms with Gasteiger partial charge in [-0.2, -0.15) is 0 Å². The third kappa shape index (κ3) is 3.11. The van der Waals surface area contributed by atoms with Crippen molar-refractivity contribution in [1.82, 2.24) is 4.98 Å². The highest BCUT2D eigenvalue weighted by molar-refractivity contribution is 6.30. The van der Waals surface area contributed by atoms with E-state index in [1.807, 2.05) is 6.92 Å². The van der Waals surface area contributed by atoms with E-state index in [4.69, 9.17) is 17.3 Å². The zero-order valence-electron chi connectivity index (χ0n) is 10.2. The van der Waals surface area contributed by atoms with Gasteiger partial charge in [-0.15, -0.1) is 0 Å². The SMILES string of the molecule is Cc1cc(NC2CCCCC2CN)cnc1Cl. The van der Waals surface area contributed by atoms with Crippen LogP contribution >= 0.6 is 11.6 Å². The summed E-state index contributed by atoms with van der Waals surface area (Å²) in [6, 6.07) is 2.54. The van der Waals surface area contributed by atoms with Gasteiger partial charge in [-0.1, -0.05) is 24.4 Å². The number of nitrogens with two attached hydrogens (primary N) is 1. The number of nitrogens with one attached hydrogen (secondary N) is 1. The summed E-state index contributed by atoms with van der Waals surface area (Å²) in [7, 11) is 0. The Balaban J connectivity index is 2.05. The number of pyridine rings is 1. The summed E-state index contributed by atoms with van der Waals surface area (Å²) in [6.45, 7) is 2.74. The van der Waals surface area contributed by atoms with Crippen molar-refractivity contribution in [2.75, 3.05) is 11.9 Å². The lowest BCUT2D eigenvalue weighted by Crippen LogP contribution is -2.36. The number of hydrogen-bond acceptors (Lipinski definition) is 3. The Labute approximate surface area is 108 Å². The van der Waals surface area contributed by atoms with E-state index in [1.54, 1.807) is 6.20 Å². The van der Waals surface area contributed by atoms with Gasteiger partial charge >= 0.3 is 0 Å². The molecule has 0 radical (unpaired) electrons. The average molecular weight is 254 g/mol. The minimum atomic E-state index is 0.483. The lowest BCUT2D eigenvalue weighted by molar-refractivity contribution is 0.332. The lowest BCUT2D eigenvalue weighted by atomic mass is 9.84. The zero-order chi connectivity index (χ0) is 12.3. The Morgan fingerprint density at radius 1 is 1.47 bits per heavy atom. The van der Waals surface area contributed by atoms with Crippen LogP contribution in [0.5, 0.6) is 0 Å². The maximum atomic E-state index is 5.92. The largest absolute Gasteiger partial charge is 0.381 e. The third-order valence-corrected chi connectivity index (χ3v) is 3.97. The second kappa shape index (κ2) is 5.69. The Kier molecular flexibility index (Phi) is 4.24. The maximum Gasteiger partial charge on any atom is 0.132 e. The molecule has 2 unspecified atom stereocenters. The highest BCUT2D eigenvalue weighted by Gasteiger charge is 2.23. The Morgan fingerprint density at radius 2 is 2.24 bits per heavy atom. The van der Waals surface area contributed by atoms with Crippen molar-refractivity contribution in [3.8, 4) is 0 Å². The van der Waals surface area contributed by atoms with Gasteiger partial charge in [-0.3, -0.25) is 0 Å². The summed E-state index contributed by atoms with van der Waals surface area (Å²) in [5, 5.41) is 4.13. The average Bonchev–Trinajstić information content (AvgIpc) is 2.34. The molecule has 4 heteroatoms. The third-order valence-electron chi connectivity index (χ3n) is 3.58. The molecular formula is C13H20ClN3. The number of halogens is 1. The molecule has 3 nitrogen and oxygen atoms in total. The molecule has 0 saturated heterocycles. The topological polar surface area (TPSA) is 50.9 Å². The van der Waals surface area contributed by atoms with E-state index in [0.29, 0.717) is 17.1 Å². The van der Waals surface area contributed by atoms with Crippen LogP contribution in [0.15, 0.2) is 12.3 Å². The van der Waals surface area contributed by atoms with Gasteiger partial charge in [0.25, 0.3) is 0 Å². The van der Waals surface area contributed by atoms with Gasteiger partial charge in [-0.25, -0.2) is 4.98 Å². The first-order valence-electron chi connectivity index (χ1n) is 6.29. The van der Waals surface area contributed by atoms with Crippen LogP contribution in [0.25, 0.3) is 0 Å². The van der Waals surface area contributed by atoms with Crippen molar-refractivity contribution in [2.24, 2.45) is 11.7 Å². The predicted molar refractivity (Wildman–Crippen MR) is 72.4 cm³/mol. The first kappa shape index (κ1) is 12.7. The van der Waals surface area contributed by atoms with Crippen molar-refractivity contribution in [3.63, 3.8) is 0 Å². The molecule has 2 rings (SSSR count). The number of hydrogen-bond donors (Lipinski definition) is 2. The molecule has 0 bridgehead atoms. The number of aromatic nitrogens is 1. The first-order chi connectivity index (χ1) is 8.20. The summed E-state index contributed by atoms with van der Waals surface area (Å²) in [5.41, 5.74) is 7.89. The normalized spacial score (nSPS) is 24.6. The molecule has 0 amide bonds. The molecule has 2 atom stereocenters. The highest BCUT2D eigenvalue weighted by atomic mass is 35.5. The number of aryl methyl sites for hydroxylation is 1. The first-order valence-corrected chi connectivity index (χ1v) is 6.67. The van der Waals surface area contributed by atoms with Crippen LogP contribution in [0.1, 0.15) is 31.2 Å². The summed E-state index contributed by atoms with van der Waals surface area (Å²) in [5.74, 6) is 0.583. The summed E-state index contributed by atoms with van der Waals surface area (Å²) < 4.78 is 0. The number of anilines is 1. The van der Waals surface area contributed by atoms with E-state index in [1.165, 1.54) is 25.7 Å². The van der Waals surface area contributed by atoms with Gasteiger partial charge < -0.3 is 11.1 Å². The van der Waals surface area contributed by atoms with E-state index in [9.17, 15) is 0 Å². The number of nitrogens with zero attached hydrogens (tertiary/aromatic N) is 1. The van der Waals surface area contributed by atoms with Crippen molar-refractivity contribution < 1.29 is 0 Å². The molecule has 94 valence electrons. The van der Waals surface area contributed by atoms with E-state index in [0.717, 1.165) is 17.8 Å². The zero-order valence-corrected chi connectivity index (χ0v) is 11.0. The van der Waals surface area contributed by atoms with Gasteiger partial charge in [0.1, 0.15) is 5.15 Å². The van der Waals surface area contributed by atoms with Crippen molar-refractivity contribution in [2.45, 2.75) is 38.6 Å². The lowest BCUT2D eigenvalue weighted by Gasteiger charge is -2.32. The summed E-state index contributed by atoms with van der Waals surface area (Å²) in [4.78, 5) is 4.17.